The summed E-state index contributed by atoms with van der Waals surface area (Å²) in [5.74, 6) is 3.34. The quantitative estimate of drug-likeness (QED) is 0.808. The highest BCUT2D eigenvalue weighted by Gasteiger charge is 2.24. The molecule has 0 fully saturated rings. The van der Waals surface area contributed by atoms with Crippen molar-refractivity contribution in [3.05, 3.63) is 35.9 Å². The van der Waals surface area contributed by atoms with Crippen LogP contribution in [0.15, 0.2) is 30.3 Å². The van der Waals surface area contributed by atoms with Gasteiger partial charge in [-0.3, -0.25) is 4.79 Å². The van der Waals surface area contributed by atoms with Gasteiger partial charge in [-0.25, -0.2) is 4.79 Å². The Morgan fingerprint density at radius 2 is 1.95 bits per heavy atom. The molecule has 4 heteroatoms. The molecule has 2 atom stereocenters. The van der Waals surface area contributed by atoms with Crippen LogP contribution in [-0.2, 0) is 9.59 Å². The van der Waals surface area contributed by atoms with Gasteiger partial charge in [0.1, 0.15) is 6.04 Å². The number of hydrogen-bond donors (Lipinski definition) is 2. The van der Waals surface area contributed by atoms with E-state index in [0.717, 1.165) is 0 Å². The molecule has 0 radical (unpaired) electrons. The summed E-state index contributed by atoms with van der Waals surface area (Å²) in [6, 6.07) is 8.16. The lowest BCUT2D eigenvalue weighted by molar-refractivity contribution is -0.142. The Hall–Kier alpha value is -2.28. The number of rotatable bonds is 4. The van der Waals surface area contributed by atoms with Crippen LogP contribution < -0.4 is 5.32 Å². The monoisotopic (exact) mass is 259 g/mol. The van der Waals surface area contributed by atoms with Gasteiger partial charge in [-0.2, -0.15) is 0 Å². The van der Waals surface area contributed by atoms with Crippen LogP contribution >= 0.6 is 0 Å². The molecule has 0 aromatic heterocycles. The van der Waals surface area contributed by atoms with E-state index in [9.17, 15) is 9.59 Å². The Kier molecular flexibility index (Phi) is 5.62. The minimum atomic E-state index is -1.04. The van der Waals surface area contributed by atoms with Crippen molar-refractivity contribution in [3.63, 3.8) is 0 Å². The van der Waals surface area contributed by atoms with Gasteiger partial charge in [0.15, 0.2) is 0 Å². The number of carbonyl (C=O) groups excluding carboxylic acids is 1. The number of carbonyl (C=O) groups is 2. The smallest absolute Gasteiger partial charge is 0.326 e. The van der Waals surface area contributed by atoms with E-state index in [1.54, 1.807) is 19.1 Å². The van der Waals surface area contributed by atoms with Crippen molar-refractivity contribution >= 4 is 11.9 Å². The molecule has 1 aromatic rings. The SMILES string of the molecule is CCC(C)[C@H](NC(=O)C#Cc1ccccc1)C(=O)O. The zero-order valence-corrected chi connectivity index (χ0v) is 11.0. The molecule has 2 N–H and O–H groups in total. The molecule has 1 amide bonds. The summed E-state index contributed by atoms with van der Waals surface area (Å²) < 4.78 is 0. The number of amides is 1. The average Bonchev–Trinajstić information content (AvgIpc) is 2.42. The van der Waals surface area contributed by atoms with Crippen molar-refractivity contribution in [1.82, 2.24) is 5.32 Å². The van der Waals surface area contributed by atoms with Crippen molar-refractivity contribution < 1.29 is 14.7 Å². The fourth-order valence-corrected chi connectivity index (χ4v) is 1.51. The Balaban J connectivity index is 2.69. The van der Waals surface area contributed by atoms with Gasteiger partial charge in [-0.15, -0.1) is 0 Å². The molecule has 0 saturated heterocycles. The summed E-state index contributed by atoms with van der Waals surface area (Å²) in [6.45, 7) is 3.66. The molecule has 1 rings (SSSR count). The number of carboxylic acids is 1. The lowest BCUT2D eigenvalue weighted by Crippen LogP contribution is -2.44. The van der Waals surface area contributed by atoms with Gasteiger partial charge in [0.2, 0.25) is 0 Å². The number of aliphatic carboxylic acids is 1. The maximum absolute atomic E-state index is 11.6. The van der Waals surface area contributed by atoms with E-state index in [1.807, 2.05) is 25.1 Å². The maximum atomic E-state index is 11.6. The second kappa shape index (κ2) is 7.22. The molecule has 4 nitrogen and oxygen atoms in total. The Bertz CT molecular complexity index is 499. The van der Waals surface area contributed by atoms with E-state index in [1.165, 1.54) is 0 Å². The van der Waals surface area contributed by atoms with Crippen molar-refractivity contribution in [3.8, 4) is 11.8 Å². The van der Waals surface area contributed by atoms with Gasteiger partial charge in [0, 0.05) is 11.5 Å². The largest absolute Gasteiger partial charge is 0.480 e. The average molecular weight is 259 g/mol. The minimum absolute atomic E-state index is 0.139. The molecule has 0 aliphatic heterocycles. The predicted molar refractivity (Wildman–Crippen MR) is 72.3 cm³/mol. The molecular formula is C15H17NO3. The van der Waals surface area contributed by atoms with Crippen LogP contribution in [0.4, 0.5) is 0 Å². The van der Waals surface area contributed by atoms with Gasteiger partial charge in [-0.05, 0) is 18.1 Å². The van der Waals surface area contributed by atoms with Gasteiger partial charge in [-0.1, -0.05) is 44.4 Å². The molecule has 0 aliphatic carbocycles. The molecule has 0 bridgehead atoms. The Labute approximate surface area is 112 Å². The van der Waals surface area contributed by atoms with Gasteiger partial charge < -0.3 is 10.4 Å². The zero-order valence-electron chi connectivity index (χ0n) is 11.0. The fraction of sp³-hybridized carbons (Fsp3) is 0.333. The molecule has 19 heavy (non-hydrogen) atoms. The van der Waals surface area contributed by atoms with Crippen LogP contribution in [0.25, 0.3) is 0 Å². The van der Waals surface area contributed by atoms with E-state index in [4.69, 9.17) is 5.11 Å². The standard InChI is InChI=1S/C15H17NO3/c1-3-11(2)14(15(18)19)16-13(17)10-9-12-7-5-4-6-8-12/h4-8,11,14H,3H2,1-2H3,(H,16,17)(H,18,19)/t11?,14-/m0/s1. The molecule has 0 spiro atoms. The third kappa shape index (κ3) is 4.84. The van der Waals surface area contributed by atoms with Crippen LogP contribution in [-0.4, -0.2) is 23.0 Å². The summed E-state index contributed by atoms with van der Waals surface area (Å²) in [6.07, 6.45) is 0.670. The lowest BCUT2D eigenvalue weighted by atomic mass is 9.99. The van der Waals surface area contributed by atoms with Crippen LogP contribution in [0, 0.1) is 17.8 Å². The van der Waals surface area contributed by atoms with Gasteiger partial charge >= 0.3 is 5.97 Å². The number of hydrogen-bond acceptors (Lipinski definition) is 2. The van der Waals surface area contributed by atoms with E-state index in [0.29, 0.717) is 12.0 Å². The maximum Gasteiger partial charge on any atom is 0.326 e. The molecule has 0 saturated carbocycles. The highest BCUT2D eigenvalue weighted by Crippen LogP contribution is 2.07. The van der Waals surface area contributed by atoms with E-state index >= 15 is 0 Å². The predicted octanol–water partition coefficient (Wildman–Crippen LogP) is 1.65. The Morgan fingerprint density at radius 3 is 2.47 bits per heavy atom. The molecule has 100 valence electrons. The highest BCUT2D eigenvalue weighted by atomic mass is 16.4. The third-order valence-electron chi connectivity index (χ3n) is 2.86. The van der Waals surface area contributed by atoms with Crippen molar-refractivity contribution in [2.45, 2.75) is 26.3 Å². The topological polar surface area (TPSA) is 66.4 Å². The summed E-state index contributed by atoms with van der Waals surface area (Å²) in [5.41, 5.74) is 0.716. The minimum Gasteiger partial charge on any atom is -0.480 e. The molecule has 1 unspecified atom stereocenters. The number of benzene rings is 1. The van der Waals surface area contributed by atoms with E-state index < -0.39 is 17.9 Å². The second-order valence-electron chi connectivity index (χ2n) is 4.29. The third-order valence-corrected chi connectivity index (χ3v) is 2.86. The zero-order chi connectivity index (χ0) is 14.3. The molecule has 1 aromatic carbocycles. The highest BCUT2D eigenvalue weighted by molar-refractivity contribution is 5.96. The van der Waals surface area contributed by atoms with Crippen molar-refractivity contribution in [1.29, 1.82) is 0 Å². The van der Waals surface area contributed by atoms with E-state index in [-0.39, 0.29) is 5.92 Å². The second-order valence-corrected chi connectivity index (χ2v) is 4.29. The van der Waals surface area contributed by atoms with Gasteiger partial charge in [0.05, 0.1) is 0 Å². The first kappa shape index (κ1) is 14.8. The first-order chi connectivity index (χ1) is 9.04. The number of carboxylic acid groups (broad SMARTS) is 1. The molecule has 0 heterocycles. The van der Waals surface area contributed by atoms with Crippen LogP contribution in [0.1, 0.15) is 25.8 Å². The van der Waals surface area contributed by atoms with Crippen LogP contribution in [0.5, 0.6) is 0 Å². The Morgan fingerprint density at radius 1 is 1.32 bits per heavy atom. The van der Waals surface area contributed by atoms with Crippen LogP contribution in [0.3, 0.4) is 0 Å². The summed E-state index contributed by atoms with van der Waals surface area (Å²) in [7, 11) is 0. The number of nitrogens with one attached hydrogen (secondary N) is 1. The molecular weight excluding hydrogens is 242 g/mol. The van der Waals surface area contributed by atoms with Crippen molar-refractivity contribution in [2.75, 3.05) is 0 Å². The molecule has 0 aliphatic rings. The van der Waals surface area contributed by atoms with E-state index in [2.05, 4.69) is 17.2 Å². The first-order valence-corrected chi connectivity index (χ1v) is 6.15. The first-order valence-electron chi connectivity index (χ1n) is 6.15. The van der Waals surface area contributed by atoms with Gasteiger partial charge in [0.25, 0.3) is 5.91 Å². The lowest BCUT2D eigenvalue weighted by Gasteiger charge is -2.18. The van der Waals surface area contributed by atoms with Crippen LogP contribution in [0.2, 0.25) is 0 Å². The fourth-order valence-electron chi connectivity index (χ4n) is 1.51. The normalized spacial score (nSPS) is 12.7. The van der Waals surface area contributed by atoms with Crippen molar-refractivity contribution in [2.24, 2.45) is 5.92 Å². The summed E-state index contributed by atoms with van der Waals surface area (Å²) in [4.78, 5) is 22.7. The summed E-state index contributed by atoms with van der Waals surface area (Å²) >= 11 is 0. The summed E-state index contributed by atoms with van der Waals surface area (Å²) in [5, 5.41) is 11.5.